The van der Waals surface area contributed by atoms with Crippen LogP contribution in [0.4, 0.5) is 0 Å². The zero-order valence-corrected chi connectivity index (χ0v) is 19.8. The number of rotatable bonds is 4. The highest BCUT2D eigenvalue weighted by molar-refractivity contribution is 8.00. The third-order valence-electron chi connectivity index (χ3n) is 7.98. The molecule has 5 aliphatic heterocycles. The summed E-state index contributed by atoms with van der Waals surface area (Å²) >= 11 is 2.27. The molecule has 0 aromatic rings. The van der Waals surface area contributed by atoms with Crippen molar-refractivity contribution < 1.29 is 4.74 Å². The average Bonchev–Trinajstić information content (AvgIpc) is 3.21. The quantitative estimate of drug-likeness (QED) is 0.667. The van der Waals surface area contributed by atoms with E-state index in [1.807, 2.05) is 0 Å². The van der Waals surface area contributed by atoms with Gasteiger partial charge in [-0.2, -0.15) is 0 Å². The summed E-state index contributed by atoms with van der Waals surface area (Å²) in [6.45, 7) is 12.7. The van der Waals surface area contributed by atoms with E-state index >= 15 is 0 Å². The van der Waals surface area contributed by atoms with Gasteiger partial charge in [-0.15, -0.1) is 11.8 Å². The maximum absolute atomic E-state index is 5.79. The number of nitrogens with zero attached hydrogens (tertiary/aromatic N) is 5. The lowest BCUT2D eigenvalue weighted by Gasteiger charge is -2.65. The summed E-state index contributed by atoms with van der Waals surface area (Å²) in [5.41, 5.74) is 0. The molecular weight excluding hydrogens is 394 g/mol. The lowest BCUT2D eigenvalue weighted by Crippen LogP contribution is -2.82. The van der Waals surface area contributed by atoms with Crippen molar-refractivity contribution in [3.05, 3.63) is 0 Å². The van der Waals surface area contributed by atoms with E-state index in [-0.39, 0.29) is 5.79 Å². The molecule has 2 atom stereocenters. The van der Waals surface area contributed by atoms with Gasteiger partial charge in [0, 0.05) is 51.6 Å². The molecule has 0 aromatic carbocycles. The number of hydrogen-bond acceptors (Lipinski definition) is 7. The van der Waals surface area contributed by atoms with E-state index < -0.39 is 0 Å². The van der Waals surface area contributed by atoms with Gasteiger partial charge in [0.1, 0.15) is 5.37 Å². The molecule has 0 amide bonds. The molecule has 5 saturated heterocycles. The molecule has 5 heterocycles. The highest BCUT2D eigenvalue weighted by Crippen LogP contribution is 2.45. The van der Waals surface area contributed by atoms with Crippen molar-refractivity contribution in [3.8, 4) is 0 Å². The fourth-order valence-corrected chi connectivity index (χ4v) is 8.15. The van der Waals surface area contributed by atoms with Crippen LogP contribution in [0.1, 0.15) is 57.8 Å². The first-order chi connectivity index (χ1) is 14.9. The van der Waals surface area contributed by atoms with Gasteiger partial charge >= 0.3 is 0 Å². The molecule has 5 rings (SSSR count). The largest absolute Gasteiger partial charge is 0.379 e. The van der Waals surface area contributed by atoms with Crippen LogP contribution < -0.4 is 0 Å². The van der Waals surface area contributed by atoms with Crippen LogP contribution in [0.2, 0.25) is 0 Å². The Balaban J connectivity index is 1.57. The first-order valence-electron chi connectivity index (χ1n) is 12.9. The normalized spacial score (nSPS) is 37.4. The highest BCUT2D eigenvalue weighted by Gasteiger charge is 2.58. The van der Waals surface area contributed by atoms with Crippen molar-refractivity contribution in [2.45, 2.75) is 68.9 Å². The van der Waals surface area contributed by atoms with Gasteiger partial charge in [0.25, 0.3) is 0 Å². The minimum absolute atomic E-state index is 0.0232. The number of likely N-dealkylation sites (tertiary alicyclic amines) is 3. The number of hydrogen-bond donors (Lipinski definition) is 0. The van der Waals surface area contributed by atoms with Gasteiger partial charge in [-0.3, -0.25) is 14.7 Å². The molecule has 0 bridgehead atoms. The first-order valence-corrected chi connectivity index (χ1v) is 13.9. The second kappa shape index (κ2) is 10.4. The number of piperidine rings is 1. The molecular formula is C23H43N5OS. The lowest BCUT2D eigenvalue weighted by molar-refractivity contribution is -0.276. The smallest absolute Gasteiger partial charge is 0.169 e. The van der Waals surface area contributed by atoms with Gasteiger partial charge in [-0.05, 0) is 51.6 Å². The van der Waals surface area contributed by atoms with Crippen LogP contribution in [0.3, 0.4) is 0 Å². The van der Waals surface area contributed by atoms with Crippen LogP contribution in [-0.2, 0) is 4.74 Å². The van der Waals surface area contributed by atoms with E-state index in [1.165, 1.54) is 109 Å². The van der Waals surface area contributed by atoms with Crippen molar-refractivity contribution in [2.24, 2.45) is 0 Å². The molecule has 5 fully saturated rings. The van der Waals surface area contributed by atoms with E-state index in [0.29, 0.717) is 5.37 Å². The predicted molar refractivity (Wildman–Crippen MR) is 124 cm³/mol. The summed E-state index contributed by atoms with van der Waals surface area (Å²) in [6, 6.07) is 0. The second-order valence-corrected chi connectivity index (χ2v) is 11.0. The van der Waals surface area contributed by atoms with Crippen molar-refractivity contribution in [1.82, 2.24) is 24.7 Å². The van der Waals surface area contributed by atoms with Gasteiger partial charge in [-0.1, -0.05) is 19.3 Å². The van der Waals surface area contributed by atoms with Gasteiger partial charge < -0.3 is 4.74 Å². The van der Waals surface area contributed by atoms with Crippen LogP contribution in [0.15, 0.2) is 0 Å². The third-order valence-corrected chi connectivity index (χ3v) is 9.33. The molecule has 7 heteroatoms. The molecule has 0 spiro atoms. The van der Waals surface area contributed by atoms with Crippen LogP contribution >= 0.6 is 11.8 Å². The van der Waals surface area contributed by atoms with E-state index in [4.69, 9.17) is 4.74 Å². The average molecular weight is 438 g/mol. The summed E-state index contributed by atoms with van der Waals surface area (Å²) in [5, 5.41) is 6.14. The molecule has 0 saturated carbocycles. The van der Waals surface area contributed by atoms with E-state index in [0.717, 1.165) is 26.3 Å². The van der Waals surface area contributed by atoms with E-state index in [2.05, 4.69) is 36.5 Å². The Labute approximate surface area is 188 Å². The Bertz CT molecular complexity index is 528. The van der Waals surface area contributed by atoms with Crippen molar-refractivity contribution in [3.63, 3.8) is 0 Å². The Morgan fingerprint density at radius 3 is 1.73 bits per heavy atom. The number of ether oxygens (including phenoxy) is 1. The molecule has 0 radical (unpaired) electrons. The Kier molecular flexibility index (Phi) is 7.58. The zero-order chi connectivity index (χ0) is 20.2. The molecule has 30 heavy (non-hydrogen) atoms. The fraction of sp³-hybridized carbons (Fsp3) is 1.00. The summed E-state index contributed by atoms with van der Waals surface area (Å²) in [5.74, 6) is 1.28. The Hall–Kier alpha value is 0.110. The second-order valence-electron chi connectivity index (χ2n) is 9.79. The Morgan fingerprint density at radius 2 is 1.13 bits per heavy atom. The molecule has 5 aliphatic rings. The van der Waals surface area contributed by atoms with Crippen LogP contribution in [0.5, 0.6) is 0 Å². The predicted octanol–water partition coefficient (Wildman–Crippen LogP) is 2.72. The Morgan fingerprint density at radius 1 is 0.600 bits per heavy atom. The zero-order valence-electron chi connectivity index (χ0n) is 19.0. The summed E-state index contributed by atoms with van der Waals surface area (Å²) < 4.78 is 5.79. The lowest BCUT2D eigenvalue weighted by atomic mass is 10.0. The maximum Gasteiger partial charge on any atom is 0.169 e. The summed E-state index contributed by atoms with van der Waals surface area (Å²) in [7, 11) is 0. The van der Waals surface area contributed by atoms with Gasteiger partial charge in [0.2, 0.25) is 0 Å². The first kappa shape index (κ1) is 21.9. The van der Waals surface area contributed by atoms with Crippen LogP contribution in [-0.4, -0.2) is 114 Å². The van der Waals surface area contributed by atoms with Crippen molar-refractivity contribution in [1.29, 1.82) is 0 Å². The van der Waals surface area contributed by atoms with Crippen molar-refractivity contribution in [2.75, 3.05) is 77.9 Å². The summed E-state index contributed by atoms with van der Waals surface area (Å²) in [6.07, 6.45) is 12.4. The highest BCUT2D eigenvalue weighted by atomic mass is 32.2. The molecule has 0 aliphatic carbocycles. The maximum atomic E-state index is 5.79. The van der Waals surface area contributed by atoms with E-state index in [9.17, 15) is 0 Å². The van der Waals surface area contributed by atoms with Gasteiger partial charge in [0.15, 0.2) is 5.79 Å². The fourth-order valence-electron chi connectivity index (χ4n) is 6.59. The summed E-state index contributed by atoms with van der Waals surface area (Å²) in [4.78, 5) is 8.79. The third kappa shape index (κ3) is 4.20. The molecule has 0 aromatic heterocycles. The van der Waals surface area contributed by atoms with Crippen LogP contribution in [0, 0.1) is 0 Å². The SMILES string of the molecule is C1CCCN(C2(N3CCCCC3)C(N3CCCC3)SCCN2N2CCOCC2)CC1. The molecule has 172 valence electrons. The molecule has 2 unspecified atom stereocenters. The minimum Gasteiger partial charge on any atom is -0.379 e. The topological polar surface area (TPSA) is 25.4 Å². The number of thioether (sulfide) groups is 1. The molecule has 0 N–H and O–H groups in total. The minimum atomic E-state index is 0.0232. The monoisotopic (exact) mass is 437 g/mol. The van der Waals surface area contributed by atoms with Crippen LogP contribution in [0.25, 0.3) is 0 Å². The van der Waals surface area contributed by atoms with Gasteiger partial charge in [0.05, 0.1) is 13.2 Å². The van der Waals surface area contributed by atoms with E-state index in [1.54, 1.807) is 0 Å². The van der Waals surface area contributed by atoms with Gasteiger partial charge in [-0.25, -0.2) is 10.0 Å². The molecule has 6 nitrogen and oxygen atoms in total. The van der Waals surface area contributed by atoms with Crippen molar-refractivity contribution >= 4 is 11.8 Å². The number of morpholine rings is 1. The standard InChI is InChI=1S/C23H43N5OS/c1-2-5-13-25(12-4-1)23(26-14-6-3-7-15-26)22(24-10-8-9-11-24)30-21-18-28(23)27-16-19-29-20-17-27/h22H,1-21H2. The number of hydrazine groups is 1.